The maximum Gasteiger partial charge on any atom is 0.401 e. The average molecular weight is 346 g/mol. The lowest BCUT2D eigenvalue weighted by Crippen LogP contribution is -2.36. The first-order valence-corrected chi connectivity index (χ1v) is 6.71. The molecule has 18 heavy (non-hydrogen) atoms. The third kappa shape index (κ3) is 4.95. The number of carbonyl (C=O) groups is 1. The standard InChI is InChI=1S/C10H11BrF3NO2S/c1-2-17-9(16)8(15-5-10(12,13)14)7-3-6(11)4-18-7/h3-4,8,15H,2,5H2,1H3. The van der Waals surface area contributed by atoms with Gasteiger partial charge in [0.2, 0.25) is 0 Å². The number of rotatable bonds is 5. The van der Waals surface area contributed by atoms with Crippen molar-refractivity contribution in [3.8, 4) is 0 Å². The molecule has 3 nitrogen and oxygen atoms in total. The fourth-order valence-electron chi connectivity index (χ4n) is 1.22. The molecule has 0 aliphatic rings. The van der Waals surface area contributed by atoms with Crippen molar-refractivity contribution < 1.29 is 22.7 Å². The second kappa shape index (κ2) is 6.53. The molecule has 1 aromatic heterocycles. The molecule has 8 heteroatoms. The molecule has 1 atom stereocenters. The number of hydrogen-bond donors (Lipinski definition) is 1. The van der Waals surface area contributed by atoms with Crippen molar-refractivity contribution in [3.63, 3.8) is 0 Å². The molecule has 0 aliphatic carbocycles. The summed E-state index contributed by atoms with van der Waals surface area (Å²) in [5.41, 5.74) is 0. The Labute approximate surface area is 114 Å². The summed E-state index contributed by atoms with van der Waals surface area (Å²) in [6.07, 6.45) is -4.38. The first-order valence-electron chi connectivity index (χ1n) is 5.04. The zero-order chi connectivity index (χ0) is 13.8. The zero-order valence-corrected chi connectivity index (χ0v) is 11.8. The monoisotopic (exact) mass is 345 g/mol. The minimum Gasteiger partial charge on any atom is -0.465 e. The highest BCUT2D eigenvalue weighted by Gasteiger charge is 2.31. The largest absolute Gasteiger partial charge is 0.465 e. The molecular formula is C10H11BrF3NO2S. The number of hydrogen-bond acceptors (Lipinski definition) is 4. The number of alkyl halides is 3. The molecule has 1 rings (SSSR count). The topological polar surface area (TPSA) is 38.3 Å². The van der Waals surface area contributed by atoms with E-state index in [1.807, 2.05) is 0 Å². The van der Waals surface area contributed by atoms with Gasteiger partial charge < -0.3 is 4.74 Å². The summed E-state index contributed by atoms with van der Waals surface area (Å²) in [5.74, 6) is -0.712. The Morgan fingerprint density at radius 1 is 1.61 bits per heavy atom. The van der Waals surface area contributed by atoms with E-state index in [0.717, 1.165) is 0 Å². The van der Waals surface area contributed by atoms with Crippen LogP contribution in [0.4, 0.5) is 13.2 Å². The van der Waals surface area contributed by atoms with E-state index in [1.54, 1.807) is 18.4 Å². The highest BCUT2D eigenvalue weighted by atomic mass is 79.9. The predicted octanol–water partition coefficient (Wildman–Crippen LogP) is 3.27. The lowest BCUT2D eigenvalue weighted by atomic mass is 10.2. The van der Waals surface area contributed by atoms with Crippen LogP contribution in [0.3, 0.4) is 0 Å². The van der Waals surface area contributed by atoms with E-state index in [9.17, 15) is 18.0 Å². The fraction of sp³-hybridized carbons (Fsp3) is 0.500. The van der Waals surface area contributed by atoms with Crippen molar-refractivity contribution in [2.24, 2.45) is 0 Å². The van der Waals surface area contributed by atoms with Crippen LogP contribution >= 0.6 is 27.3 Å². The van der Waals surface area contributed by atoms with Crippen LogP contribution in [0.5, 0.6) is 0 Å². The fourth-order valence-corrected chi connectivity index (χ4v) is 2.73. The van der Waals surface area contributed by atoms with Crippen LogP contribution in [0.25, 0.3) is 0 Å². The molecule has 0 amide bonds. The molecule has 0 aliphatic heterocycles. The van der Waals surface area contributed by atoms with Gasteiger partial charge in [-0.15, -0.1) is 11.3 Å². The summed E-state index contributed by atoms with van der Waals surface area (Å²) in [7, 11) is 0. The number of halogens is 4. The number of thiophene rings is 1. The van der Waals surface area contributed by atoms with Crippen LogP contribution in [0.1, 0.15) is 17.8 Å². The quantitative estimate of drug-likeness (QED) is 0.832. The molecule has 1 heterocycles. The maximum absolute atomic E-state index is 12.2. The molecule has 0 radical (unpaired) electrons. The Balaban J connectivity index is 2.78. The van der Waals surface area contributed by atoms with Gasteiger partial charge in [-0.1, -0.05) is 0 Å². The average Bonchev–Trinajstić information content (AvgIpc) is 2.64. The third-order valence-corrected chi connectivity index (χ3v) is 3.66. The lowest BCUT2D eigenvalue weighted by molar-refractivity contribution is -0.148. The van der Waals surface area contributed by atoms with Gasteiger partial charge in [0.1, 0.15) is 6.04 Å². The van der Waals surface area contributed by atoms with E-state index in [4.69, 9.17) is 4.74 Å². The minimum atomic E-state index is -4.38. The minimum absolute atomic E-state index is 0.121. The SMILES string of the molecule is CCOC(=O)C(NCC(F)(F)F)c1cc(Br)cs1. The molecule has 1 N–H and O–H groups in total. The smallest absolute Gasteiger partial charge is 0.401 e. The van der Waals surface area contributed by atoms with E-state index < -0.39 is 24.7 Å². The molecule has 0 bridgehead atoms. The summed E-state index contributed by atoms with van der Waals surface area (Å²) in [4.78, 5) is 12.1. The van der Waals surface area contributed by atoms with Crippen molar-refractivity contribution in [2.45, 2.75) is 19.1 Å². The lowest BCUT2D eigenvalue weighted by Gasteiger charge is -2.17. The van der Waals surface area contributed by atoms with E-state index in [1.165, 1.54) is 11.3 Å². The van der Waals surface area contributed by atoms with E-state index >= 15 is 0 Å². The van der Waals surface area contributed by atoms with Crippen LogP contribution in [-0.2, 0) is 9.53 Å². The molecule has 0 saturated carbocycles. The van der Waals surface area contributed by atoms with Gasteiger partial charge in [-0.2, -0.15) is 13.2 Å². The van der Waals surface area contributed by atoms with E-state index in [0.29, 0.717) is 9.35 Å². The van der Waals surface area contributed by atoms with Crippen LogP contribution < -0.4 is 5.32 Å². The Morgan fingerprint density at radius 2 is 2.28 bits per heavy atom. The molecular weight excluding hydrogens is 335 g/mol. The normalized spacial score (nSPS) is 13.4. The Morgan fingerprint density at radius 3 is 2.72 bits per heavy atom. The van der Waals surface area contributed by atoms with Crippen molar-refractivity contribution in [3.05, 3.63) is 20.8 Å². The van der Waals surface area contributed by atoms with Gasteiger partial charge in [0.05, 0.1) is 13.2 Å². The summed E-state index contributed by atoms with van der Waals surface area (Å²) >= 11 is 4.37. The number of esters is 1. The van der Waals surface area contributed by atoms with Crippen LogP contribution in [0.15, 0.2) is 15.9 Å². The second-order valence-corrected chi connectivity index (χ2v) is 5.21. The third-order valence-electron chi connectivity index (χ3n) is 1.90. The van der Waals surface area contributed by atoms with Gasteiger partial charge in [-0.3, -0.25) is 5.32 Å². The summed E-state index contributed by atoms with van der Waals surface area (Å²) in [6.45, 7) is 0.477. The predicted molar refractivity (Wildman–Crippen MR) is 65.5 cm³/mol. The van der Waals surface area contributed by atoms with Gasteiger partial charge in [0.25, 0.3) is 0 Å². The summed E-state index contributed by atoms with van der Waals surface area (Å²) in [6, 6.07) is 0.498. The molecule has 1 aromatic rings. The van der Waals surface area contributed by atoms with Gasteiger partial charge in [-0.05, 0) is 28.9 Å². The zero-order valence-electron chi connectivity index (χ0n) is 9.38. The number of ether oxygens (including phenoxy) is 1. The van der Waals surface area contributed by atoms with Crippen molar-refractivity contribution in [1.29, 1.82) is 0 Å². The number of nitrogens with one attached hydrogen (secondary N) is 1. The highest BCUT2D eigenvalue weighted by Crippen LogP contribution is 2.27. The first-order chi connectivity index (χ1) is 8.33. The summed E-state index contributed by atoms with van der Waals surface area (Å²) < 4.78 is 42.0. The number of carbonyl (C=O) groups excluding carboxylic acids is 1. The van der Waals surface area contributed by atoms with Gasteiger partial charge in [0.15, 0.2) is 0 Å². The van der Waals surface area contributed by atoms with Crippen LogP contribution in [0, 0.1) is 0 Å². The van der Waals surface area contributed by atoms with Crippen molar-refractivity contribution >= 4 is 33.2 Å². The molecule has 0 spiro atoms. The molecule has 102 valence electrons. The van der Waals surface area contributed by atoms with E-state index in [-0.39, 0.29) is 6.61 Å². The van der Waals surface area contributed by atoms with Gasteiger partial charge in [0, 0.05) is 14.7 Å². The maximum atomic E-state index is 12.2. The first kappa shape index (κ1) is 15.5. The summed E-state index contributed by atoms with van der Waals surface area (Å²) in [5, 5.41) is 3.86. The molecule has 1 unspecified atom stereocenters. The van der Waals surface area contributed by atoms with Gasteiger partial charge in [-0.25, -0.2) is 4.79 Å². The van der Waals surface area contributed by atoms with Crippen molar-refractivity contribution in [1.82, 2.24) is 5.32 Å². The van der Waals surface area contributed by atoms with E-state index in [2.05, 4.69) is 21.2 Å². The van der Waals surface area contributed by atoms with Crippen molar-refractivity contribution in [2.75, 3.05) is 13.2 Å². The van der Waals surface area contributed by atoms with Gasteiger partial charge >= 0.3 is 12.1 Å². The second-order valence-electron chi connectivity index (χ2n) is 3.35. The highest BCUT2D eigenvalue weighted by molar-refractivity contribution is 9.10. The molecule has 0 fully saturated rings. The Kier molecular flexibility index (Phi) is 5.61. The van der Waals surface area contributed by atoms with Crippen LogP contribution in [-0.4, -0.2) is 25.3 Å². The van der Waals surface area contributed by atoms with Crippen LogP contribution in [0.2, 0.25) is 0 Å². The molecule has 0 aromatic carbocycles. The molecule has 0 saturated heterocycles. The Bertz CT molecular complexity index is 408. The Hall–Kier alpha value is -0.600.